The molecule has 158 valence electrons. The minimum Gasteiger partial charge on any atom is -0.353 e. The molecule has 1 atom stereocenters. The maximum Gasteiger partial charge on any atom is 0.256 e. The molecule has 2 aliphatic rings. The zero-order valence-corrected chi connectivity index (χ0v) is 17.9. The van der Waals surface area contributed by atoms with Crippen LogP contribution in [0.25, 0.3) is 0 Å². The molecule has 1 aliphatic heterocycles. The molecule has 1 heterocycles. The summed E-state index contributed by atoms with van der Waals surface area (Å²) in [5.41, 5.74) is 0.770. The molecular formula is C24H27ClN2O3. The highest BCUT2D eigenvalue weighted by atomic mass is 35.5. The minimum atomic E-state index is -0.722. The number of rotatable bonds is 4. The van der Waals surface area contributed by atoms with Gasteiger partial charge in [0.2, 0.25) is 5.91 Å². The Hall–Kier alpha value is -2.37. The number of nitrogens with one attached hydrogen (secondary N) is 1. The van der Waals surface area contributed by atoms with Crippen LogP contribution < -0.4 is 5.32 Å². The largest absolute Gasteiger partial charge is 0.353 e. The molecule has 2 aromatic carbocycles. The molecule has 5 nitrogen and oxygen atoms in total. The van der Waals surface area contributed by atoms with Gasteiger partial charge in [0.25, 0.3) is 5.91 Å². The van der Waals surface area contributed by atoms with Crippen LogP contribution in [0.15, 0.2) is 54.6 Å². The predicted molar refractivity (Wildman–Crippen MR) is 116 cm³/mol. The smallest absolute Gasteiger partial charge is 0.256 e. The lowest BCUT2D eigenvalue weighted by Gasteiger charge is -2.43. The summed E-state index contributed by atoms with van der Waals surface area (Å²) in [5, 5.41) is 3.48. The maximum absolute atomic E-state index is 13.6. The third-order valence-electron chi connectivity index (χ3n) is 6.22. The van der Waals surface area contributed by atoms with Crippen LogP contribution in [0.3, 0.4) is 0 Å². The van der Waals surface area contributed by atoms with Crippen LogP contribution in [0.4, 0.5) is 0 Å². The summed E-state index contributed by atoms with van der Waals surface area (Å²) < 4.78 is 6.21. The Kier molecular flexibility index (Phi) is 6.11. The average Bonchev–Trinajstić information content (AvgIpc) is 3.13. The van der Waals surface area contributed by atoms with Crippen molar-refractivity contribution in [2.24, 2.45) is 5.92 Å². The van der Waals surface area contributed by atoms with Gasteiger partial charge < -0.3 is 10.1 Å². The van der Waals surface area contributed by atoms with E-state index in [2.05, 4.69) is 12.2 Å². The van der Waals surface area contributed by atoms with E-state index in [0.717, 1.165) is 31.2 Å². The molecule has 1 spiro atoms. The van der Waals surface area contributed by atoms with Gasteiger partial charge in [0.1, 0.15) is 11.8 Å². The minimum absolute atomic E-state index is 0.190. The summed E-state index contributed by atoms with van der Waals surface area (Å²) in [6, 6.07) is 16.0. The van der Waals surface area contributed by atoms with E-state index in [0.29, 0.717) is 23.0 Å². The van der Waals surface area contributed by atoms with Gasteiger partial charge in [-0.3, -0.25) is 14.5 Å². The van der Waals surface area contributed by atoms with Gasteiger partial charge in [-0.2, -0.15) is 0 Å². The van der Waals surface area contributed by atoms with E-state index in [1.54, 1.807) is 29.2 Å². The van der Waals surface area contributed by atoms with Crippen LogP contribution in [0.2, 0.25) is 5.02 Å². The molecule has 30 heavy (non-hydrogen) atoms. The van der Waals surface area contributed by atoms with E-state index in [9.17, 15) is 9.59 Å². The molecule has 2 aromatic rings. The van der Waals surface area contributed by atoms with E-state index in [1.165, 1.54) is 0 Å². The van der Waals surface area contributed by atoms with Crippen LogP contribution in [-0.2, 0) is 16.1 Å². The van der Waals surface area contributed by atoms with Crippen molar-refractivity contribution in [1.29, 1.82) is 0 Å². The molecule has 1 N–H and O–H groups in total. The Labute approximate surface area is 182 Å². The topological polar surface area (TPSA) is 58.6 Å². The highest BCUT2D eigenvalue weighted by Gasteiger charge is 2.53. The van der Waals surface area contributed by atoms with Crippen molar-refractivity contribution in [2.45, 2.75) is 50.9 Å². The molecule has 2 amide bonds. The molecule has 1 saturated heterocycles. The zero-order chi connectivity index (χ0) is 21.1. The lowest BCUT2D eigenvalue weighted by Crippen LogP contribution is -2.56. The van der Waals surface area contributed by atoms with E-state index in [1.807, 2.05) is 30.3 Å². The summed E-state index contributed by atoms with van der Waals surface area (Å²) in [5.74, 6) is 0.197. The summed E-state index contributed by atoms with van der Waals surface area (Å²) in [6.45, 7) is 2.84. The molecule has 0 bridgehead atoms. The highest BCUT2D eigenvalue weighted by molar-refractivity contribution is 6.31. The van der Waals surface area contributed by atoms with Crippen molar-refractivity contribution in [1.82, 2.24) is 10.2 Å². The lowest BCUT2D eigenvalue weighted by atomic mass is 9.83. The van der Waals surface area contributed by atoms with Gasteiger partial charge in [-0.25, -0.2) is 0 Å². The monoisotopic (exact) mass is 426 g/mol. The first-order valence-electron chi connectivity index (χ1n) is 10.5. The Balaban J connectivity index is 1.58. The van der Waals surface area contributed by atoms with Crippen molar-refractivity contribution in [3.05, 3.63) is 70.7 Å². The van der Waals surface area contributed by atoms with Gasteiger partial charge in [-0.1, -0.05) is 54.9 Å². The van der Waals surface area contributed by atoms with Gasteiger partial charge >= 0.3 is 0 Å². The standard InChI is InChI=1S/C24H27ClN2O3/c1-17-10-12-24(13-11-17)27(23(29)19-8-5-9-20(25)14-19)21(16-30-24)22(28)26-15-18-6-3-2-4-7-18/h2-9,14,17,21H,10-13,15-16H2,1H3,(H,26,28). The van der Waals surface area contributed by atoms with Crippen molar-refractivity contribution >= 4 is 23.4 Å². The summed E-state index contributed by atoms with van der Waals surface area (Å²) >= 11 is 6.13. The second-order valence-electron chi connectivity index (χ2n) is 8.34. The molecule has 1 aliphatic carbocycles. The number of benzene rings is 2. The molecule has 6 heteroatoms. The zero-order valence-electron chi connectivity index (χ0n) is 17.1. The molecular weight excluding hydrogens is 400 g/mol. The number of hydrogen-bond acceptors (Lipinski definition) is 3. The van der Waals surface area contributed by atoms with Gasteiger partial charge in [0.05, 0.1) is 6.61 Å². The van der Waals surface area contributed by atoms with E-state index in [-0.39, 0.29) is 18.4 Å². The Morgan fingerprint density at radius 3 is 2.57 bits per heavy atom. The molecule has 0 aromatic heterocycles. The Bertz CT molecular complexity index is 910. The van der Waals surface area contributed by atoms with Gasteiger partial charge in [0.15, 0.2) is 0 Å². The third kappa shape index (κ3) is 4.23. The Morgan fingerprint density at radius 1 is 1.13 bits per heavy atom. The number of ether oxygens (including phenoxy) is 1. The van der Waals surface area contributed by atoms with Crippen LogP contribution in [0.1, 0.15) is 48.5 Å². The fraction of sp³-hybridized carbons (Fsp3) is 0.417. The number of carbonyl (C=O) groups is 2. The van der Waals surface area contributed by atoms with Crippen molar-refractivity contribution in [3.8, 4) is 0 Å². The first-order chi connectivity index (χ1) is 14.5. The molecule has 1 saturated carbocycles. The number of halogens is 1. The maximum atomic E-state index is 13.6. The average molecular weight is 427 g/mol. The van der Waals surface area contributed by atoms with Crippen molar-refractivity contribution in [3.63, 3.8) is 0 Å². The van der Waals surface area contributed by atoms with Crippen LogP contribution in [0.5, 0.6) is 0 Å². The fourth-order valence-corrected chi connectivity index (χ4v) is 4.63. The SMILES string of the molecule is CC1CCC2(CC1)OCC(C(=O)NCc1ccccc1)N2C(=O)c1cccc(Cl)c1. The van der Waals surface area contributed by atoms with Crippen molar-refractivity contribution in [2.75, 3.05) is 6.61 Å². The quantitative estimate of drug-likeness (QED) is 0.788. The first-order valence-corrected chi connectivity index (χ1v) is 10.9. The van der Waals surface area contributed by atoms with Crippen LogP contribution in [0, 0.1) is 5.92 Å². The van der Waals surface area contributed by atoms with Gasteiger partial charge in [0, 0.05) is 17.1 Å². The summed E-state index contributed by atoms with van der Waals surface area (Å²) in [4.78, 5) is 28.3. The van der Waals surface area contributed by atoms with Crippen LogP contribution >= 0.6 is 11.6 Å². The second kappa shape index (κ2) is 8.78. The Morgan fingerprint density at radius 2 is 1.87 bits per heavy atom. The first kappa shape index (κ1) is 20.9. The second-order valence-corrected chi connectivity index (χ2v) is 8.78. The van der Waals surface area contributed by atoms with E-state index >= 15 is 0 Å². The lowest BCUT2D eigenvalue weighted by molar-refractivity contribution is -0.128. The molecule has 2 fully saturated rings. The molecule has 0 radical (unpaired) electrons. The number of carbonyl (C=O) groups excluding carboxylic acids is 2. The number of amides is 2. The number of nitrogens with zero attached hydrogens (tertiary/aromatic N) is 1. The molecule has 4 rings (SSSR count). The third-order valence-corrected chi connectivity index (χ3v) is 6.45. The summed E-state index contributed by atoms with van der Waals surface area (Å²) in [6.07, 6.45) is 3.42. The van der Waals surface area contributed by atoms with Gasteiger partial charge in [-0.05, 0) is 55.4 Å². The normalized spacial score (nSPS) is 26.0. The highest BCUT2D eigenvalue weighted by Crippen LogP contribution is 2.43. The number of hydrogen-bond donors (Lipinski definition) is 1. The van der Waals surface area contributed by atoms with Crippen molar-refractivity contribution < 1.29 is 14.3 Å². The summed E-state index contributed by atoms with van der Waals surface area (Å²) in [7, 11) is 0. The van der Waals surface area contributed by atoms with E-state index < -0.39 is 11.8 Å². The van der Waals surface area contributed by atoms with E-state index in [4.69, 9.17) is 16.3 Å². The fourth-order valence-electron chi connectivity index (χ4n) is 4.44. The molecule has 1 unspecified atom stereocenters. The van der Waals surface area contributed by atoms with Crippen LogP contribution in [-0.4, -0.2) is 35.1 Å². The van der Waals surface area contributed by atoms with Gasteiger partial charge in [-0.15, -0.1) is 0 Å². The predicted octanol–water partition coefficient (Wildman–Crippen LogP) is 4.40.